The average molecular weight is 259 g/mol. The fourth-order valence-electron chi connectivity index (χ4n) is 1.23. The van der Waals surface area contributed by atoms with Gasteiger partial charge in [0.25, 0.3) is 0 Å². The van der Waals surface area contributed by atoms with E-state index in [2.05, 4.69) is 0 Å². The number of imide groups is 1. The first-order valence-electron chi connectivity index (χ1n) is 5.81. The number of carboxylic acids is 1. The highest BCUT2D eigenvalue weighted by molar-refractivity contribution is 6.00. The van der Waals surface area contributed by atoms with Crippen LogP contribution in [0.1, 0.15) is 33.1 Å². The summed E-state index contributed by atoms with van der Waals surface area (Å²) in [5, 5.41) is 10.5. The monoisotopic (exact) mass is 259 g/mol. The molecule has 6 N–H and O–H groups in total. The number of carbonyl (C=O) groups excluding carboxylic acids is 2. The molecular formula is C11H21N3O4. The Kier molecular flexibility index (Phi) is 7.14. The molecule has 2 atom stereocenters. The molecule has 104 valence electrons. The minimum atomic E-state index is -1.25. The minimum absolute atomic E-state index is 0.411. The van der Waals surface area contributed by atoms with E-state index in [0.29, 0.717) is 12.3 Å². The third-order valence-corrected chi connectivity index (χ3v) is 2.37. The summed E-state index contributed by atoms with van der Waals surface area (Å²) in [6.45, 7) is 4.00. The molecule has 2 amide bonds. The Hall–Kier alpha value is -1.47. The van der Waals surface area contributed by atoms with Crippen LogP contribution < -0.4 is 16.8 Å². The lowest BCUT2D eigenvalue weighted by Crippen LogP contribution is -2.49. The maximum atomic E-state index is 11.5. The molecule has 7 heteroatoms. The number of nitrogens with two attached hydrogens (primary N) is 2. The maximum Gasteiger partial charge on any atom is 0.305 e. The van der Waals surface area contributed by atoms with Crippen LogP contribution in [0.3, 0.4) is 0 Å². The normalized spacial score (nSPS) is 14.1. The van der Waals surface area contributed by atoms with Crippen molar-refractivity contribution in [3.05, 3.63) is 0 Å². The van der Waals surface area contributed by atoms with Gasteiger partial charge in [-0.25, -0.2) is 0 Å². The Morgan fingerprint density at radius 2 is 1.56 bits per heavy atom. The van der Waals surface area contributed by atoms with Gasteiger partial charge >= 0.3 is 5.97 Å². The number of nitrogens with one attached hydrogen (secondary N) is 1. The minimum Gasteiger partial charge on any atom is -0.481 e. The molecule has 0 heterocycles. The van der Waals surface area contributed by atoms with E-state index in [4.69, 9.17) is 16.6 Å². The summed E-state index contributed by atoms with van der Waals surface area (Å²) in [5.41, 5.74) is 10.9. The van der Waals surface area contributed by atoms with Crippen molar-refractivity contribution >= 4 is 17.8 Å². The number of hydrogen-bond donors (Lipinski definition) is 4. The van der Waals surface area contributed by atoms with Crippen molar-refractivity contribution in [3.8, 4) is 0 Å². The fourth-order valence-corrected chi connectivity index (χ4v) is 1.23. The van der Waals surface area contributed by atoms with Gasteiger partial charge in [-0.15, -0.1) is 0 Å². The van der Waals surface area contributed by atoms with Gasteiger partial charge in [-0.2, -0.15) is 0 Å². The van der Waals surface area contributed by atoms with E-state index in [0.717, 1.165) is 6.42 Å². The third-order valence-electron chi connectivity index (χ3n) is 2.37. The Balaban J connectivity index is 4.13. The molecule has 0 saturated heterocycles. The third kappa shape index (κ3) is 6.97. The Morgan fingerprint density at radius 1 is 1.06 bits per heavy atom. The standard InChI is InChI=1S/C11H21N3O4/c1-6(2)3-4-7(12)10(17)14-11(18)8(13)5-9(15)16/h6-8H,3-5,12-13H2,1-2H3,(H,15,16)(H,14,17,18)/t7?,8-/m0/s1. The molecule has 1 unspecified atom stereocenters. The largest absolute Gasteiger partial charge is 0.481 e. The van der Waals surface area contributed by atoms with Crippen LogP contribution >= 0.6 is 0 Å². The summed E-state index contributed by atoms with van der Waals surface area (Å²) in [6.07, 6.45) is 0.704. The summed E-state index contributed by atoms with van der Waals surface area (Å²) in [7, 11) is 0. The van der Waals surface area contributed by atoms with Crippen molar-refractivity contribution in [2.24, 2.45) is 17.4 Å². The van der Waals surface area contributed by atoms with Crippen molar-refractivity contribution in [1.29, 1.82) is 0 Å². The molecule has 0 aliphatic carbocycles. The van der Waals surface area contributed by atoms with E-state index < -0.39 is 36.3 Å². The second kappa shape index (κ2) is 7.78. The van der Waals surface area contributed by atoms with Crippen molar-refractivity contribution in [3.63, 3.8) is 0 Å². The highest BCUT2D eigenvalue weighted by atomic mass is 16.4. The first-order valence-corrected chi connectivity index (χ1v) is 5.81. The van der Waals surface area contributed by atoms with E-state index in [-0.39, 0.29) is 0 Å². The van der Waals surface area contributed by atoms with Gasteiger partial charge < -0.3 is 16.6 Å². The molecule has 0 radical (unpaired) electrons. The van der Waals surface area contributed by atoms with Crippen molar-refractivity contribution in [1.82, 2.24) is 5.32 Å². The number of rotatable bonds is 7. The Labute approximate surface area is 106 Å². The predicted molar refractivity (Wildman–Crippen MR) is 65.4 cm³/mol. The fraction of sp³-hybridized carbons (Fsp3) is 0.727. The molecule has 18 heavy (non-hydrogen) atoms. The molecule has 0 aromatic heterocycles. The van der Waals surface area contributed by atoms with E-state index in [1.54, 1.807) is 0 Å². The van der Waals surface area contributed by atoms with E-state index in [1.807, 2.05) is 19.2 Å². The van der Waals surface area contributed by atoms with Crippen LogP contribution in [-0.2, 0) is 14.4 Å². The Bertz CT molecular complexity index is 317. The summed E-state index contributed by atoms with van der Waals surface area (Å²) >= 11 is 0. The summed E-state index contributed by atoms with van der Waals surface area (Å²) in [4.78, 5) is 33.2. The number of carboxylic acid groups (broad SMARTS) is 1. The Morgan fingerprint density at radius 3 is 2.00 bits per heavy atom. The molecular weight excluding hydrogens is 238 g/mol. The van der Waals surface area contributed by atoms with E-state index in [9.17, 15) is 14.4 Å². The zero-order valence-electron chi connectivity index (χ0n) is 10.7. The number of hydrogen-bond acceptors (Lipinski definition) is 5. The zero-order chi connectivity index (χ0) is 14.3. The van der Waals surface area contributed by atoms with Gasteiger partial charge in [0.1, 0.15) is 0 Å². The molecule has 0 fully saturated rings. The lowest BCUT2D eigenvalue weighted by Gasteiger charge is -2.14. The number of aliphatic carboxylic acids is 1. The van der Waals surface area contributed by atoms with Crippen LogP contribution in [0, 0.1) is 5.92 Å². The number of carbonyl (C=O) groups is 3. The van der Waals surface area contributed by atoms with E-state index >= 15 is 0 Å². The predicted octanol–water partition coefficient (Wildman–Crippen LogP) is -0.805. The van der Waals surface area contributed by atoms with Gasteiger partial charge in [-0.1, -0.05) is 13.8 Å². The molecule has 0 saturated carbocycles. The first kappa shape index (κ1) is 16.5. The average Bonchev–Trinajstić information content (AvgIpc) is 2.24. The SMILES string of the molecule is CC(C)CCC(N)C(=O)NC(=O)[C@@H](N)CC(=O)O. The van der Waals surface area contributed by atoms with Gasteiger partial charge in [-0.3, -0.25) is 19.7 Å². The van der Waals surface area contributed by atoms with Crippen LogP contribution in [0.4, 0.5) is 0 Å². The highest BCUT2D eigenvalue weighted by Crippen LogP contribution is 2.05. The van der Waals surface area contributed by atoms with Crippen LogP contribution in [0.15, 0.2) is 0 Å². The molecule has 0 aliphatic heterocycles. The summed E-state index contributed by atoms with van der Waals surface area (Å²) in [6, 6.07) is -2.03. The van der Waals surface area contributed by atoms with Gasteiger partial charge in [0, 0.05) is 0 Å². The molecule has 7 nitrogen and oxygen atoms in total. The molecule has 0 aromatic rings. The van der Waals surface area contributed by atoms with Crippen LogP contribution in [0.25, 0.3) is 0 Å². The van der Waals surface area contributed by atoms with Crippen molar-refractivity contribution < 1.29 is 19.5 Å². The summed E-state index contributed by atoms with van der Waals surface area (Å²) < 4.78 is 0. The van der Waals surface area contributed by atoms with Gasteiger partial charge in [0.2, 0.25) is 11.8 Å². The first-order chi connectivity index (χ1) is 8.23. The molecule has 0 rings (SSSR count). The lowest BCUT2D eigenvalue weighted by atomic mass is 10.0. The van der Waals surface area contributed by atoms with Crippen LogP contribution in [0.5, 0.6) is 0 Å². The molecule has 0 spiro atoms. The quantitative estimate of drug-likeness (QED) is 0.472. The van der Waals surface area contributed by atoms with Crippen molar-refractivity contribution in [2.45, 2.75) is 45.2 Å². The second-order valence-electron chi connectivity index (χ2n) is 4.64. The topological polar surface area (TPSA) is 136 Å². The second-order valence-corrected chi connectivity index (χ2v) is 4.64. The number of amides is 2. The smallest absolute Gasteiger partial charge is 0.305 e. The van der Waals surface area contributed by atoms with Crippen LogP contribution in [-0.4, -0.2) is 35.0 Å². The van der Waals surface area contributed by atoms with Gasteiger partial charge in [0.15, 0.2) is 0 Å². The molecule has 0 aromatic carbocycles. The lowest BCUT2D eigenvalue weighted by molar-refractivity contribution is -0.140. The van der Waals surface area contributed by atoms with Crippen molar-refractivity contribution in [2.75, 3.05) is 0 Å². The zero-order valence-corrected chi connectivity index (χ0v) is 10.7. The highest BCUT2D eigenvalue weighted by Gasteiger charge is 2.22. The van der Waals surface area contributed by atoms with E-state index in [1.165, 1.54) is 0 Å². The summed E-state index contributed by atoms with van der Waals surface area (Å²) in [5.74, 6) is -2.23. The van der Waals surface area contributed by atoms with Gasteiger partial charge in [-0.05, 0) is 18.8 Å². The molecule has 0 bridgehead atoms. The maximum absolute atomic E-state index is 11.5. The van der Waals surface area contributed by atoms with Crippen LogP contribution in [0.2, 0.25) is 0 Å². The van der Waals surface area contributed by atoms with Gasteiger partial charge in [0.05, 0.1) is 18.5 Å². The molecule has 0 aliphatic rings.